The van der Waals surface area contributed by atoms with E-state index in [1.807, 2.05) is 30.3 Å². The highest BCUT2D eigenvalue weighted by atomic mass is 16.4. The van der Waals surface area contributed by atoms with E-state index in [9.17, 15) is 19.8 Å². The molecule has 3 unspecified atom stereocenters. The van der Waals surface area contributed by atoms with Gasteiger partial charge in [-0.25, -0.2) is 0 Å². The van der Waals surface area contributed by atoms with E-state index < -0.39 is 30.0 Å². The molecule has 1 heterocycles. The van der Waals surface area contributed by atoms with Crippen LogP contribution in [-0.2, 0) is 16.1 Å². The van der Waals surface area contributed by atoms with Gasteiger partial charge in [-0.2, -0.15) is 0 Å². The first kappa shape index (κ1) is 14.5. The van der Waals surface area contributed by atoms with Gasteiger partial charge in [-0.05, 0) is 12.0 Å². The van der Waals surface area contributed by atoms with Crippen LogP contribution < -0.4 is 0 Å². The number of benzene rings is 1. The van der Waals surface area contributed by atoms with Gasteiger partial charge in [0.2, 0.25) is 0 Å². The molecule has 1 fully saturated rings. The second-order valence-electron chi connectivity index (χ2n) is 5.03. The van der Waals surface area contributed by atoms with Crippen LogP contribution >= 0.6 is 0 Å². The van der Waals surface area contributed by atoms with Crippen molar-refractivity contribution >= 4 is 11.9 Å². The first-order valence-electron chi connectivity index (χ1n) is 6.40. The summed E-state index contributed by atoms with van der Waals surface area (Å²) in [4.78, 5) is 24.1. The Morgan fingerprint density at radius 2 is 1.80 bits per heavy atom. The van der Waals surface area contributed by atoms with Crippen LogP contribution in [0, 0.1) is 5.92 Å². The third-order valence-corrected chi connectivity index (χ3v) is 3.54. The zero-order valence-corrected chi connectivity index (χ0v) is 10.8. The Labute approximate surface area is 116 Å². The van der Waals surface area contributed by atoms with Crippen molar-refractivity contribution in [1.29, 1.82) is 0 Å². The fourth-order valence-corrected chi connectivity index (χ4v) is 2.68. The minimum atomic E-state index is -1.19. The Hall–Kier alpha value is -1.92. The summed E-state index contributed by atoms with van der Waals surface area (Å²) in [6.45, 7) is 0.467. The molecule has 1 aliphatic rings. The van der Waals surface area contributed by atoms with E-state index in [0.717, 1.165) is 5.56 Å². The molecule has 6 heteroatoms. The van der Waals surface area contributed by atoms with Gasteiger partial charge >= 0.3 is 11.9 Å². The summed E-state index contributed by atoms with van der Waals surface area (Å²) in [6.07, 6.45) is -0.854. The van der Waals surface area contributed by atoms with Gasteiger partial charge in [-0.1, -0.05) is 30.3 Å². The van der Waals surface area contributed by atoms with Gasteiger partial charge in [0.1, 0.15) is 6.04 Å². The lowest BCUT2D eigenvalue weighted by Gasteiger charge is -2.39. The van der Waals surface area contributed by atoms with Gasteiger partial charge in [0.15, 0.2) is 0 Å². The molecule has 0 saturated carbocycles. The van der Waals surface area contributed by atoms with E-state index in [1.165, 1.54) is 4.90 Å². The summed E-state index contributed by atoms with van der Waals surface area (Å²) < 4.78 is 0. The number of piperidine rings is 1. The number of carboxylic acid groups (broad SMARTS) is 2. The molecule has 0 amide bonds. The highest BCUT2D eigenvalue weighted by Gasteiger charge is 2.43. The molecule has 2 rings (SSSR count). The molecule has 1 saturated heterocycles. The van der Waals surface area contributed by atoms with Crippen LogP contribution in [0.4, 0.5) is 0 Å². The number of aliphatic carboxylic acids is 2. The van der Waals surface area contributed by atoms with E-state index >= 15 is 0 Å². The van der Waals surface area contributed by atoms with E-state index in [0.29, 0.717) is 6.54 Å². The predicted molar refractivity (Wildman–Crippen MR) is 70.0 cm³/mol. The highest BCUT2D eigenvalue weighted by molar-refractivity contribution is 5.83. The second-order valence-corrected chi connectivity index (χ2v) is 5.03. The van der Waals surface area contributed by atoms with Crippen molar-refractivity contribution in [2.75, 3.05) is 6.54 Å². The third kappa shape index (κ3) is 3.15. The van der Waals surface area contributed by atoms with Crippen LogP contribution in [0.25, 0.3) is 0 Å². The number of carboxylic acids is 2. The lowest BCUT2D eigenvalue weighted by Crippen LogP contribution is -2.56. The van der Waals surface area contributed by atoms with Crippen molar-refractivity contribution in [3.05, 3.63) is 35.9 Å². The number of β-amino-alcohol motifs (C(OH)–C–C–N with tert-alkyl or cyclic N) is 1. The predicted octanol–water partition coefficient (Wildman–Crippen LogP) is 0.407. The van der Waals surface area contributed by atoms with Crippen LogP contribution in [0.1, 0.15) is 12.0 Å². The van der Waals surface area contributed by atoms with E-state index in [2.05, 4.69) is 0 Å². The smallest absolute Gasteiger partial charge is 0.321 e. The Morgan fingerprint density at radius 1 is 1.15 bits per heavy atom. The molecule has 6 nitrogen and oxygen atoms in total. The molecule has 108 valence electrons. The van der Waals surface area contributed by atoms with Crippen molar-refractivity contribution in [3.63, 3.8) is 0 Å². The zero-order valence-electron chi connectivity index (χ0n) is 10.8. The Bertz CT molecular complexity index is 490. The van der Waals surface area contributed by atoms with Crippen molar-refractivity contribution in [2.45, 2.75) is 25.1 Å². The van der Waals surface area contributed by atoms with E-state index in [4.69, 9.17) is 5.11 Å². The minimum Gasteiger partial charge on any atom is -0.481 e. The van der Waals surface area contributed by atoms with E-state index in [-0.39, 0.29) is 13.0 Å². The molecule has 20 heavy (non-hydrogen) atoms. The number of likely N-dealkylation sites (tertiary alicyclic amines) is 1. The van der Waals surface area contributed by atoms with Gasteiger partial charge < -0.3 is 15.3 Å². The Balaban J connectivity index is 2.23. The van der Waals surface area contributed by atoms with Crippen LogP contribution in [0.15, 0.2) is 30.3 Å². The standard InChI is InChI=1S/C14H17NO5/c16-10-6-11(13(17)18)12(14(19)20)15(8-10)7-9-4-2-1-3-5-9/h1-5,10-12,16H,6-8H2,(H,17,18)(H,19,20). The van der Waals surface area contributed by atoms with Gasteiger partial charge in [-0.3, -0.25) is 14.5 Å². The zero-order chi connectivity index (χ0) is 14.7. The molecule has 3 N–H and O–H groups in total. The molecule has 3 atom stereocenters. The Morgan fingerprint density at radius 3 is 2.35 bits per heavy atom. The molecule has 0 radical (unpaired) electrons. The van der Waals surface area contributed by atoms with Gasteiger partial charge in [0.05, 0.1) is 12.0 Å². The molecule has 0 spiro atoms. The summed E-state index contributed by atoms with van der Waals surface area (Å²) >= 11 is 0. The maximum Gasteiger partial charge on any atom is 0.321 e. The SMILES string of the molecule is O=C(O)C1CC(O)CN(Cc2ccccc2)C1C(=O)O. The molecule has 0 aliphatic carbocycles. The fourth-order valence-electron chi connectivity index (χ4n) is 2.68. The maximum absolute atomic E-state index is 11.4. The molecule has 0 bridgehead atoms. The number of hydrogen-bond donors (Lipinski definition) is 3. The second kappa shape index (κ2) is 6.02. The lowest BCUT2D eigenvalue weighted by molar-refractivity contribution is -0.162. The molecule has 1 aromatic carbocycles. The summed E-state index contributed by atoms with van der Waals surface area (Å²) in [6, 6.07) is 8.09. The number of rotatable bonds is 4. The number of aliphatic hydroxyl groups excluding tert-OH is 1. The minimum absolute atomic E-state index is 0.0302. The first-order chi connectivity index (χ1) is 9.49. The first-order valence-corrected chi connectivity index (χ1v) is 6.40. The maximum atomic E-state index is 11.4. The van der Waals surface area contributed by atoms with Crippen molar-refractivity contribution in [3.8, 4) is 0 Å². The van der Waals surface area contributed by atoms with E-state index in [1.54, 1.807) is 0 Å². The van der Waals surface area contributed by atoms with Crippen LogP contribution in [0.3, 0.4) is 0 Å². The Kier molecular flexibility index (Phi) is 4.36. The summed E-state index contributed by atoms with van der Waals surface area (Å²) in [7, 11) is 0. The van der Waals surface area contributed by atoms with Gasteiger partial charge in [0.25, 0.3) is 0 Å². The van der Waals surface area contributed by atoms with Crippen molar-refractivity contribution in [1.82, 2.24) is 4.90 Å². The normalized spacial score (nSPS) is 27.1. The number of carbonyl (C=O) groups is 2. The van der Waals surface area contributed by atoms with Crippen LogP contribution in [0.5, 0.6) is 0 Å². The number of aliphatic hydroxyl groups is 1. The third-order valence-electron chi connectivity index (χ3n) is 3.54. The molecule has 1 aliphatic heterocycles. The van der Waals surface area contributed by atoms with Gasteiger partial charge in [-0.15, -0.1) is 0 Å². The quantitative estimate of drug-likeness (QED) is 0.738. The monoisotopic (exact) mass is 279 g/mol. The lowest BCUT2D eigenvalue weighted by atomic mass is 9.87. The summed E-state index contributed by atoms with van der Waals surface area (Å²) in [5.74, 6) is -3.45. The van der Waals surface area contributed by atoms with Crippen LogP contribution in [-0.4, -0.2) is 50.8 Å². The average molecular weight is 279 g/mol. The topological polar surface area (TPSA) is 98.1 Å². The number of nitrogens with zero attached hydrogens (tertiary/aromatic N) is 1. The summed E-state index contributed by atoms with van der Waals surface area (Å²) in [5.41, 5.74) is 0.886. The highest BCUT2D eigenvalue weighted by Crippen LogP contribution is 2.26. The molecular formula is C14H17NO5. The average Bonchev–Trinajstić information content (AvgIpc) is 2.38. The fraction of sp³-hybridized carbons (Fsp3) is 0.429. The largest absolute Gasteiger partial charge is 0.481 e. The molecule has 1 aromatic rings. The number of hydrogen-bond acceptors (Lipinski definition) is 4. The van der Waals surface area contributed by atoms with Gasteiger partial charge in [0, 0.05) is 13.1 Å². The van der Waals surface area contributed by atoms with Crippen molar-refractivity contribution < 1.29 is 24.9 Å². The molecule has 0 aromatic heterocycles. The molecular weight excluding hydrogens is 262 g/mol. The van der Waals surface area contributed by atoms with Crippen molar-refractivity contribution in [2.24, 2.45) is 5.92 Å². The van der Waals surface area contributed by atoms with Crippen LogP contribution in [0.2, 0.25) is 0 Å². The summed E-state index contributed by atoms with van der Waals surface area (Å²) in [5, 5.41) is 28.2.